The van der Waals surface area contributed by atoms with E-state index < -0.39 is 5.97 Å². The van der Waals surface area contributed by atoms with Gasteiger partial charge in [-0.3, -0.25) is 0 Å². The molecule has 0 saturated carbocycles. The van der Waals surface area contributed by atoms with Crippen LogP contribution in [0.1, 0.15) is 30.1 Å². The Bertz CT molecular complexity index is 350. The lowest BCUT2D eigenvalue weighted by Crippen LogP contribution is -2.06. The van der Waals surface area contributed by atoms with Gasteiger partial charge in [0.05, 0.1) is 17.2 Å². The third-order valence-corrected chi connectivity index (χ3v) is 2.23. The van der Waals surface area contributed by atoms with Crippen molar-refractivity contribution in [3.63, 3.8) is 0 Å². The molecule has 0 aromatic heterocycles. The molecule has 1 rings (SSSR count). The number of rotatable bonds is 4. The van der Waals surface area contributed by atoms with Gasteiger partial charge in [-0.25, -0.2) is 4.79 Å². The Morgan fingerprint density at radius 2 is 2.27 bits per heavy atom. The van der Waals surface area contributed by atoms with E-state index in [9.17, 15) is 9.90 Å². The minimum atomic E-state index is -0.496. The van der Waals surface area contributed by atoms with Gasteiger partial charge in [0.25, 0.3) is 0 Å². The molecule has 82 valence electrons. The van der Waals surface area contributed by atoms with Crippen LogP contribution in [0.15, 0.2) is 18.2 Å². The average molecular weight is 229 g/mol. The Morgan fingerprint density at radius 3 is 2.93 bits per heavy atom. The van der Waals surface area contributed by atoms with E-state index in [0.717, 1.165) is 12.8 Å². The van der Waals surface area contributed by atoms with Crippen LogP contribution in [0, 0.1) is 0 Å². The fourth-order valence-electron chi connectivity index (χ4n) is 1.06. The zero-order valence-corrected chi connectivity index (χ0v) is 9.25. The van der Waals surface area contributed by atoms with E-state index in [1.54, 1.807) is 0 Å². The number of phenols is 1. The Balaban J connectivity index is 2.68. The molecule has 0 aliphatic rings. The van der Waals surface area contributed by atoms with Gasteiger partial charge >= 0.3 is 5.97 Å². The molecule has 0 fully saturated rings. The van der Waals surface area contributed by atoms with Gasteiger partial charge in [-0.1, -0.05) is 24.9 Å². The highest BCUT2D eigenvalue weighted by atomic mass is 35.5. The number of unbranched alkanes of at least 4 members (excludes halogenated alkanes) is 1. The first-order valence-electron chi connectivity index (χ1n) is 4.80. The molecule has 0 spiro atoms. The van der Waals surface area contributed by atoms with Crippen LogP contribution in [-0.4, -0.2) is 17.7 Å². The maximum absolute atomic E-state index is 11.5. The van der Waals surface area contributed by atoms with Crippen molar-refractivity contribution in [1.82, 2.24) is 0 Å². The molecule has 0 aliphatic heterocycles. The SMILES string of the molecule is CCCCOC(=O)c1cc(O)ccc1Cl. The number of esters is 1. The maximum Gasteiger partial charge on any atom is 0.339 e. The molecule has 1 N–H and O–H groups in total. The smallest absolute Gasteiger partial charge is 0.339 e. The lowest BCUT2D eigenvalue weighted by molar-refractivity contribution is 0.0499. The van der Waals surface area contributed by atoms with Gasteiger partial charge in [-0.2, -0.15) is 0 Å². The zero-order valence-electron chi connectivity index (χ0n) is 8.50. The average Bonchev–Trinajstić information content (AvgIpc) is 2.22. The van der Waals surface area contributed by atoms with Crippen LogP contribution in [0.3, 0.4) is 0 Å². The van der Waals surface area contributed by atoms with E-state index in [4.69, 9.17) is 16.3 Å². The van der Waals surface area contributed by atoms with Crippen molar-refractivity contribution in [1.29, 1.82) is 0 Å². The second-order valence-corrected chi connectivity index (χ2v) is 3.56. The summed E-state index contributed by atoms with van der Waals surface area (Å²) in [5.41, 5.74) is 0.202. The minimum Gasteiger partial charge on any atom is -0.508 e. The monoisotopic (exact) mass is 228 g/mol. The van der Waals surface area contributed by atoms with Crippen molar-refractivity contribution >= 4 is 17.6 Å². The van der Waals surface area contributed by atoms with E-state index in [0.29, 0.717) is 6.61 Å². The number of carbonyl (C=O) groups is 1. The molecule has 1 aromatic rings. The molecular weight excluding hydrogens is 216 g/mol. The van der Waals surface area contributed by atoms with Crippen LogP contribution in [0.5, 0.6) is 5.75 Å². The van der Waals surface area contributed by atoms with E-state index in [1.165, 1.54) is 18.2 Å². The van der Waals surface area contributed by atoms with Gasteiger partial charge in [-0.05, 0) is 24.6 Å². The van der Waals surface area contributed by atoms with Crippen LogP contribution in [0.25, 0.3) is 0 Å². The predicted molar refractivity (Wildman–Crippen MR) is 58.3 cm³/mol. The normalized spacial score (nSPS) is 10.0. The fourth-order valence-corrected chi connectivity index (χ4v) is 1.25. The second-order valence-electron chi connectivity index (χ2n) is 3.15. The molecule has 0 saturated heterocycles. The topological polar surface area (TPSA) is 46.5 Å². The molecule has 0 atom stereocenters. The number of benzene rings is 1. The molecular formula is C11H13ClO3. The van der Waals surface area contributed by atoms with Crippen molar-refractivity contribution < 1.29 is 14.6 Å². The van der Waals surface area contributed by atoms with Crippen LogP contribution in [-0.2, 0) is 4.74 Å². The lowest BCUT2D eigenvalue weighted by atomic mass is 10.2. The molecule has 15 heavy (non-hydrogen) atoms. The van der Waals surface area contributed by atoms with Gasteiger partial charge in [0.1, 0.15) is 5.75 Å². The lowest BCUT2D eigenvalue weighted by Gasteiger charge is -2.05. The number of phenolic OH excluding ortho intramolecular Hbond substituents is 1. The van der Waals surface area contributed by atoms with Crippen LogP contribution >= 0.6 is 11.6 Å². The van der Waals surface area contributed by atoms with Gasteiger partial charge in [0, 0.05) is 0 Å². The Morgan fingerprint density at radius 1 is 1.53 bits per heavy atom. The fraction of sp³-hybridized carbons (Fsp3) is 0.364. The van der Waals surface area contributed by atoms with Crippen molar-refractivity contribution in [2.45, 2.75) is 19.8 Å². The van der Waals surface area contributed by atoms with Crippen molar-refractivity contribution in [3.05, 3.63) is 28.8 Å². The second kappa shape index (κ2) is 5.61. The first-order chi connectivity index (χ1) is 7.15. The molecule has 0 unspecified atom stereocenters. The highest BCUT2D eigenvalue weighted by molar-refractivity contribution is 6.33. The van der Waals surface area contributed by atoms with E-state index in [1.807, 2.05) is 6.92 Å². The summed E-state index contributed by atoms with van der Waals surface area (Å²) < 4.78 is 4.97. The standard InChI is InChI=1S/C11H13ClO3/c1-2-3-6-15-11(14)9-7-8(13)4-5-10(9)12/h4-5,7,13H,2-3,6H2,1H3. The summed E-state index contributed by atoms with van der Waals surface area (Å²) in [6, 6.07) is 4.19. The number of aromatic hydroxyl groups is 1. The molecule has 0 heterocycles. The molecule has 0 aliphatic carbocycles. The minimum absolute atomic E-state index is 0.00171. The van der Waals surface area contributed by atoms with Gasteiger partial charge < -0.3 is 9.84 Å². The van der Waals surface area contributed by atoms with Crippen molar-refractivity contribution in [2.75, 3.05) is 6.61 Å². The highest BCUT2D eigenvalue weighted by Gasteiger charge is 2.12. The van der Waals surface area contributed by atoms with Crippen LogP contribution < -0.4 is 0 Å². The highest BCUT2D eigenvalue weighted by Crippen LogP contribution is 2.21. The summed E-state index contributed by atoms with van der Waals surface area (Å²) in [6.07, 6.45) is 1.78. The summed E-state index contributed by atoms with van der Waals surface area (Å²) in [4.78, 5) is 11.5. The van der Waals surface area contributed by atoms with Gasteiger partial charge in [0.2, 0.25) is 0 Å². The predicted octanol–water partition coefficient (Wildman–Crippen LogP) is 3.00. The van der Waals surface area contributed by atoms with Crippen molar-refractivity contribution in [3.8, 4) is 5.75 Å². The van der Waals surface area contributed by atoms with Crippen molar-refractivity contribution in [2.24, 2.45) is 0 Å². The first-order valence-corrected chi connectivity index (χ1v) is 5.18. The zero-order chi connectivity index (χ0) is 11.3. The third-order valence-electron chi connectivity index (χ3n) is 1.90. The molecule has 0 radical (unpaired) electrons. The van der Waals surface area contributed by atoms with Crippen LogP contribution in [0.4, 0.5) is 0 Å². The quantitative estimate of drug-likeness (QED) is 0.637. The number of halogens is 1. The summed E-state index contributed by atoms with van der Waals surface area (Å²) in [5.74, 6) is -0.494. The molecule has 1 aromatic carbocycles. The van der Waals surface area contributed by atoms with Gasteiger partial charge in [0.15, 0.2) is 0 Å². The number of hydrogen-bond donors (Lipinski definition) is 1. The molecule has 3 nitrogen and oxygen atoms in total. The Kier molecular flexibility index (Phi) is 4.43. The van der Waals surface area contributed by atoms with E-state index >= 15 is 0 Å². The number of carbonyl (C=O) groups excluding carboxylic acids is 1. The third kappa shape index (κ3) is 3.44. The first kappa shape index (κ1) is 11.9. The largest absolute Gasteiger partial charge is 0.508 e. The Hall–Kier alpha value is -1.22. The summed E-state index contributed by atoms with van der Waals surface area (Å²) in [6.45, 7) is 2.39. The Labute approximate surface area is 93.6 Å². The molecule has 4 heteroatoms. The van der Waals surface area contributed by atoms with Crippen LogP contribution in [0.2, 0.25) is 5.02 Å². The summed E-state index contributed by atoms with van der Waals surface area (Å²) in [5, 5.41) is 9.48. The summed E-state index contributed by atoms with van der Waals surface area (Å²) in [7, 11) is 0. The van der Waals surface area contributed by atoms with E-state index in [-0.39, 0.29) is 16.3 Å². The summed E-state index contributed by atoms with van der Waals surface area (Å²) >= 11 is 5.79. The number of ether oxygens (including phenoxy) is 1. The molecule has 0 amide bonds. The van der Waals surface area contributed by atoms with Gasteiger partial charge in [-0.15, -0.1) is 0 Å². The maximum atomic E-state index is 11.5. The number of hydrogen-bond acceptors (Lipinski definition) is 3. The van der Waals surface area contributed by atoms with E-state index in [2.05, 4.69) is 0 Å². The molecule has 0 bridgehead atoms.